The Morgan fingerprint density at radius 3 is 2.40 bits per heavy atom. The molecule has 0 spiro atoms. The lowest BCUT2D eigenvalue weighted by molar-refractivity contribution is 0.0105. The highest BCUT2D eigenvalue weighted by Gasteiger charge is 2.37. The molecule has 2 nitrogen and oxygen atoms in total. The largest absolute Gasteiger partial charge is 0.380 e. The standard InChI is InChI=1S/C22H28FNO/c1-16-7-6-8-20(13-16)22(25,18(3)15-24(4)5)17(2)14-19-9-11-21(23)12-10-19/h6-14,18,25H,15H2,1-5H3. The summed E-state index contributed by atoms with van der Waals surface area (Å²) in [5, 5.41) is 11.7. The van der Waals surface area contributed by atoms with Crippen LogP contribution in [0.3, 0.4) is 0 Å². The highest BCUT2D eigenvalue weighted by molar-refractivity contribution is 5.56. The molecule has 3 heteroatoms. The van der Waals surface area contributed by atoms with E-state index in [9.17, 15) is 9.50 Å². The molecule has 134 valence electrons. The van der Waals surface area contributed by atoms with Gasteiger partial charge in [-0.1, -0.05) is 55.0 Å². The lowest BCUT2D eigenvalue weighted by Crippen LogP contribution is -2.40. The number of aliphatic hydroxyl groups is 1. The van der Waals surface area contributed by atoms with Gasteiger partial charge in [-0.25, -0.2) is 4.39 Å². The van der Waals surface area contributed by atoms with Crippen LogP contribution in [0.15, 0.2) is 54.1 Å². The Bertz CT molecular complexity index is 736. The van der Waals surface area contributed by atoms with Crippen LogP contribution in [0.5, 0.6) is 0 Å². The van der Waals surface area contributed by atoms with Gasteiger partial charge >= 0.3 is 0 Å². The van der Waals surface area contributed by atoms with Crippen molar-refractivity contribution in [3.63, 3.8) is 0 Å². The smallest absolute Gasteiger partial charge is 0.123 e. The third kappa shape index (κ3) is 4.56. The summed E-state index contributed by atoms with van der Waals surface area (Å²) in [5.74, 6) is -0.272. The molecule has 1 N–H and O–H groups in total. The second-order valence-electron chi connectivity index (χ2n) is 7.18. The van der Waals surface area contributed by atoms with Crippen molar-refractivity contribution in [3.05, 3.63) is 76.6 Å². The molecular weight excluding hydrogens is 313 g/mol. The second-order valence-corrected chi connectivity index (χ2v) is 7.18. The molecule has 2 unspecified atom stereocenters. The normalized spacial score (nSPS) is 15.9. The van der Waals surface area contributed by atoms with E-state index in [1.807, 2.05) is 58.3 Å². The van der Waals surface area contributed by atoms with Crippen molar-refractivity contribution < 1.29 is 9.50 Å². The van der Waals surface area contributed by atoms with Gasteiger partial charge in [0.1, 0.15) is 11.4 Å². The topological polar surface area (TPSA) is 23.5 Å². The van der Waals surface area contributed by atoms with Gasteiger partial charge in [0.2, 0.25) is 0 Å². The number of nitrogens with zero attached hydrogens (tertiary/aromatic N) is 1. The molecule has 0 amide bonds. The van der Waals surface area contributed by atoms with Crippen LogP contribution >= 0.6 is 0 Å². The minimum absolute atomic E-state index is 0.0130. The molecule has 2 atom stereocenters. The molecule has 2 aromatic rings. The number of benzene rings is 2. The second kappa shape index (κ2) is 7.94. The fourth-order valence-electron chi connectivity index (χ4n) is 3.38. The monoisotopic (exact) mass is 341 g/mol. The minimum atomic E-state index is -1.09. The summed E-state index contributed by atoms with van der Waals surface area (Å²) in [6, 6.07) is 14.3. The van der Waals surface area contributed by atoms with E-state index < -0.39 is 5.60 Å². The van der Waals surface area contributed by atoms with Gasteiger partial charge in [-0.3, -0.25) is 0 Å². The predicted octanol–water partition coefficient (Wildman–Crippen LogP) is 4.62. The van der Waals surface area contributed by atoms with Gasteiger partial charge in [0.05, 0.1) is 0 Å². The molecule has 0 aliphatic rings. The fourth-order valence-corrected chi connectivity index (χ4v) is 3.38. The molecule has 25 heavy (non-hydrogen) atoms. The lowest BCUT2D eigenvalue weighted by Gasteiger charge is -2.37. The molecular formula is C22H28FNO. The van der Waals surface area contributed by atoms with E-state index in [0.717, 1.165) is 28.8 Å². The number of hydrogen-bond acceptors (Lipinski definition) is 2. The molecule has 0 bridgehead atoms. The van der Waals surface area contributed by atoms with Gasteiger partial charge < -0.3 is 10.0 Å². The Hall–Kier alpha value is -1.97. The van der Waals surface area contributed by atoms with Gasteiger partial charge in [0, 0.05) is 12.5 Å². The Balaban J connectivity index is 2.51. The van der Waals surface area contributed by atoms with Crippen molar-refractivity contribution in [1.29, 1.82) is 0 Å². The molecule has 0 aliphatic heterocycles. The van der Waals surface area contributed by atoms with Crippen molar-refractivity contribution in [3.8, 4) is 0 Å². The van der Waals surface area contributed by atoms with Gasteiger partial charge in [0.15, 0.2) is 0 Å². The maximum absolute atomic E-state index is 13.2. The number of halogens is 1. The first-order valence-corrected chi connectivity index (χ1v) is 8.62. The van der Waals surface area contributed by atoms with Crippen molar-refractivity contribution in [1.82, 2.24) is 4.90 Å². The number of aryl methyl sites for hydroxylation is 1. The van der Waals surface area contributed by atoms with Crippen LogP contribution in [0.25, 0.3) is 6.08 Å². The zero-order valence-corrected chi connectivity index (χ0v) is 15.8. The lowest BCUT2D eigenvalue weighted by atomic mass is 9.76. The molecule has 0 fully saturated rings. The Labute approximate surface area is 150 Å². The summed E-state index contributed by atoms with van der Waals surface area (Å²) >= 11 is 0. The van der Waals surface area contributed by atoms with E-state index in [4.69, 9.17) is 0 Å². The average molecular weight is 341 g/mol. The predicted molar refractivity (Wildman–Crippen MR) is 103 cm³/mol. The molecule has 0 radical (unpaired) electrons. The fraction of sp³-hybridized carbons (Fsp3) is 0.364. The quantitative estimate of drug-likeness (QED) is 0.828. The van der Waals surface area contributed by atoms with Crippen molar-refractivity contribution in [2.45, 2.75) is 26.4 Å². The summed E-state index contributed by atoms with van der Waals surface area (Å²) in [6.07, 6.45) is 1.94. The molecule has 0 saturated heterocycles. The van der Waals surface area contributed by atoms with Crippen LogP contribution in [-0.2, 0) is 5.60 Å². The zero-order valence-electron chi connectivity index (χ0n) is 15.8. The van der Waals surface area contributed by atoms with Crippen LogP contribution in [0.1, 0.15) is 30.5 Å². The summed E-state index contributed by atoms with van der Waals surface area (Å²) in [6.45, 7) is 6.78. The highest BCUT2D eigenvalue weighted by Crippen LogP contribution is 2.38. The van der Waals surface area contributed by atoms with Crippen LogP contribution < -0.4 is 0 Å². The zero-order chi connectivity index (χ0) is 18.6. The highest BCUT2D eigenvalue weighted by atomic mass is 19.1. The van der Waals surface area contributed by atoms with E-state index in [1.54, 1.807) is 12.1 Å². The molecule has 0 saturated carbocycles. The summed E-state index contributed by atoms with van der Waals surface area (Å²) in [7, 11) is 4.01. The van der Waals surface area contributed by atoms with Crippen molar-refractivity contribution in [2.24, 2.45) is 5.92 Å². The number of hydrogen-bond donors (Lipinski definition) is 1. The molecule has 0 aliphatic carbocycles. The van der Waals surface area contributed by atoms with Gasteiger partial charge in [-0.05, 0) is 56.8 Å². The summed E-state index contributed by atoms with van der Waals surface area (Å²) < 4.78 is 13.2. The minimum Gasteiger partial charge on any atom is -0.380 e. The van der Waals surface area contributed by atoms with Crippen LogP contribution in [-0.4, -0.2) is 30.6 Å². The first-order valence-electron chi connectivity index (χ1n) is 8.62. The average Bonchev–Trinajstić information content (AvgIpc) is 2.55. The van der Waals surface area contributed by atoms with Crippen LogP contribution in [0.4, 0.5) is 4.39 Å². The van der Waals surface area contributed by atoms with Crippen LogP contribution in [0.2, 0.25) is 0 Å². The van der Waals surface area contributed by atoms with Crippen LogP contribution in [0, 0.1) is 18.7 Å². The summed E-state index contributed by atoms with van der Waals surface area (Å²) in [5.41, 5.74) is 2.63. The molecule has 2 rings (SSSR count). The molecule has 0 heterocycles. The Morgan fingerprint density at radius 2 is 1.84 bits per heavy atom. The first kappa shape index (κ1) is 19.4. The van der Waals surface area contributed by atoms with E-state index in [2.05, 4.69) is 11.8 Å². The first-order chi connectivity index (χ1) is 11.7. The van der Waals surface area contributed by atoms with E-state index in [-0.39, 0.29) is 11.7 Å². The van der Waals surface area contributed by atoms with E-state index in [1.165, 1.54) is 12.1 Å². The van der Waals surface area contributed by atoms with Crippen molar-refractivity contribution >= 4 is 6.08 Å². The summed E-state index contributed by atoms with van der Waals surface area (Å²) in [4.78, 5) is 2.08. The van der Waals surface area contributed by atoms with Crippen molar-refractivity contribution in [2.75, 3.05) is 20.6 Å². The Morgan fingerprint density at radius 1 is 1.20 bits per heavy atom. The third-order valence-corrected chi connectivity index (χ3v) is 4.66. The maximum atomic E-state index is 13.2. The molecule has 0 aromatic heterocycles. The maximum Gasteiger partial charge on any atom is 0.123 e. The Kier molecular flexibility index (Phi) is 6.15. The SMILES string of the molecule is CC(=Cc1ccc(F)cc1)C(O)(c1cccc(C)c1)C(C)CN(C)C. The van der Waals surface area contributed by atoms with Gasteiger partial charge in [-0.2, -0.15) is 0 Å². The number of rotatable bonds is 6. The van der Waals surface area contributed by atoms with E-state index in [0.29, 0.717) is 0 Å². The third-order valence-electron chi connectivity index (χ3n) is 4.66. The molecule has 2 aromatic carbocycles. The van der Waals surface area contributed by atoms with E-state index >= 15 is 0 Å². The van der Waals surface area contributed by atoms with Gasteiger partial charge in [-0.15, -0.1) is 0 Å². The van der Waals surface area contributed by atoms with Gasteiger partial charge in [0.25, 0.3) is 0 Å².